The van der Waals surface area contributed by atoms with Gasteiger partial charge in [-0.25, -0.2) is 9.97 Å². The van der Waals surface area contributed by atoms with E-state index in [-0.39, 0.29) is 0 Å². The van der Waals surface area contributed by atoms with Crippen molar-refractivity contribution in [3.8, 4) is 63.9 Å². The first kappa shape index (κ1) is 43.0. The lowest BCUT2D eigenvalue weighted by Gasteiger charge is -2.26. The molecule has 71 heavy (non-hydrogen) atoms. The molecule has 9 nitrogen and oxygen atoms in total. The number of hydrogen-bond donors (Lipinski definition) is 0. The molecule has 0 radical (unpaired) electrons. The summed E-state index contributed by atoms with van der Waals surface area (Å²) in [6, 6.07) is 82.6. The van der Waals surface area contributed by atoms with Gasteiger partial charge in [-0.05, 0) is 164 Å². The fraction of sp³-hybridized carbons (Fsp3) is 0. The first-order valence-electron chi connectivity index (χ1n) is 22.8. The van der Waals surface area contributed by atoms with Crippen molar-refractivity contribution in [1.82, 2.24) is 14.5 Å². The van der Waals surface area contributed by atoms with Crippen LogP contribution in [0.15, 0.2) is 224 Å². The fourth-order valence-corrected chi connectivity index (χ4v) is 9.04. The maximum Gasteiger partial charge on any atom is 0.160 e. The summed E-state index contributed by atoms with van der Waals surface area (Å²) in [7, 11) is 0. The van der Waals surface area contributed by atoms with Crippen LogP contribution >= 0.6 is 0 Å². The molecule has 0 saturated carbocycles. The molecule has 330 valence electrons. The van der Waals surface area contributed by atoms with Crippen LogP contribution < -0.4 is 9.80 Å². The number of rotatable bonds is 10. The third-order valence-corrected chi connectivity index (χ3v) is 12.5. The lowest BCUT2D eigenvalue weighted by molar-refractivity contribution is 1.17. The minimum Gasteiger partial charge on any atom is -0.310 e. The highest BCUT2D eigenvalue weighted by Gasteiger charge is 2.21. The van der Waals surface area contributed by atoms with E-state index in [2.05, 4.69) is 124 Å². The number of benzene rings is 9. The van der Waals surface area contributed by atoms with Crippen LogP contribution in [0.25, 0.3) is 61.4 Å². The van der Waals surface area contributed by atoms with Crippen molar-refractivity contribution in [2.24, 2.45) is 0 Å². The Hall–Kier alpha value is -10.6. The molecule has 0 saturated heterocycles. The Balaban J connectivity index is 1.08. The molecule has 0 aliphatic heterocycles. The lowest BCUT2D eigenvalue weighted by Crippen LogP contribution is -2.10. The van der Waals surface area contributed by atoms with Gasteiger partial charge in [0.05, 0.1) is 69.0 Å². The predicted octanol–water partition coefficient (Wildman–Crippen LogP) is 15.0. The number of aromatic nitrogens is 3. The molecule has 9 aromatic carbocycles. The summed E-state index contributed by atoms with van der Waals surface area (Å²) < 4.78 is 2.29. The topological polar surface area (TPSA) is 132 Å². The maximum absolute atomic E-state index is 9.65. The van der Waals surface area contributed by atoms with Gasteiger partial charge in [0.1, 0.15) is 0 Å². The Morgan fingerprint density at radius 2 is 0.662 bits per heavy atom. The maximum atomic E-state index is 9.65. The van der Waals surface area contributed by atoms with Crippen LogP contribution in [-0.2, 0) is 0 Å². The first-order chi connectivity index (χ1) is 35.0. The number of hydrogen-bond acceptors (Lipinski definition) is 8. The molecule has 2 heterocycles. The minimum atomic E-state index is 0.514. The molecule has 0 fully saturated rings. The average Bonchev–Trinajstić information content (AvgIpc) is 3.77. The van der Waals surface area contributed by atoms with Crippen LogP contribution in [0.5, 0.6) is 0 Å². The van der Waals surface area contributed by atoms with Crippen LogP contribution in [0, 0.1) is 45.3 Å². The van der Waals surface area contributed by atoms with Crippen molar-refractivity contribution in [3.05, 3.63) is 247 Å². The van der Waals surface area contributed by atoms with Crippen molar-refractivity contribution in [2.45, 2.75) is 0 Å². The summed E-state index contributed by atoms with van der Waals surface area (Å²) in [5, 5.41) is 40.3. The molecule has 0 aliphatic rings. The van der Waals surface area contributed by atoms with Gasteiger partial charge < -0.3 is 14.4 Å². The zero-order chi connectivity index (χ0) is 48.3. The van der Waals surface area contributed by atoms with E-state index in [1.165, 1.54) is 0 Å². The Labute approximate surface area is 410 Å². The minimum absolute atomic E-state index is 0.514. The molecule has 0 unspecified atom stereocenters. The summed E-state index contributed by atoms with van der Waals surface area (Å²) in [5.74, 6) is 0.514. The van der Waals surface area contributed by atoms with Crippen LogP contribution in [0.3, 0.4) is 0 Å². The highest BCUT2D eigenvalue weighted by atomic mass is 15.1. The van der Waals surface area contributed by atoms with Gasteiger partial charge in [0.15, 0.2) is 5.82 Å². The summed E-state index contributed by atoms with van der Waals surface area (Å²) in [4.78, 5) is 14.4. The van der Waals surface area contributed by atoms with E-state index in [1.807, 2.05) is 115 Å². The van der Waals surface area contributed by atoms with Crippen molar-refractivity contribution in [1.29, 1.82) is 21.0 Å². The molecule has 0 atom stereocenters. The van der Waals surface area contributed by atoms with Gasteiger partial charge in [-0.2, -0.15) is 21.0 Å². The van der Waals surface area contributed by atoms with Crippen LogP contribution in [-0.4, -0.2) is 14.5 Å². The van der Waals surface area contributed by atoms with E-state index >= 15 is 0 Å². The highest BCUT2D eigenvalue weighted by molar-refractivity contribution is 6.12. The second-order valence-corrected chi connectivity index (χ2v) is 16.8. The Bertz CT molecular complexity index is 3700. The molecule has 0 amide bonds. The molecule has 11 aromatic rings. The van der Waals surface area contributed by atoms with Gasteiger partial charge in [-0.3, -0.25) is 0 Å². The van der Waals surface area contributed by atoms with E-state index in [9.17, 15) is 21.0 Å². The van der Waals surface area contributed by atoms with E-state index in [0.29, 0.717) is 33.8 Å². The molecule has 0 bridgehead atoms. The summed E-state index contributed by atoms with van der Waals surface area (Å²) >= 11 is 0. The van der Waals surface area contributed by atoms with Crippen LogP contribution in [0.2, 0.25) is 0 Å². The Morgan fingerprint density at radius 3 is 1.06 bits per heavy atom. The summed E-state index contributed by atoms with van der Waals surface area (Å²) in [6.45, 7) is 0. The number of fused-ring (bicyclic) bond motifs is 3. The number of anilines is 6. The standard InChI is InChI=1S/C62H37N9/c63-38-42-11-19-46(20-12-42)58-37-59(68-62(67-58)48-21-13-43(39-64)14-22-48)47-23-29-53(30-24-47)71-60-33-31-54(69(49-7-3-1-4-8-49)51-25-15-44(40-65)16-26-51)35-56(60)57-36-55(32-34-61(57)71)70(50-9-5-2-6-10-50)52-27-17-45(41-66)18-28-52/h1-37H. The van der Waals surface area contributed by atoms with Gasteiger partial charge in [-0.1, -0.05) is 60.7 Å². The Kier molecular flexibility index (Phi) is 11.3. The number of para-hydroxylation sites is 2. The normalized spacial score (nSPS) is 10.8. The predicted molar refractivity (Wildman–Crippen MR) is 281 cm³/mol. The van der Waals surface area contributed by atoms with Crippen molar-refractivity contribution in [2.75, 3.05) is 9.80 Å². The van der Waals surface area contributed by atoms with Crippen molar-refractivity contribution < 1.29 is 0 Å². The van der Waals surface area contributed by atoms with E-state index < -0.39 is 0 Å². The van der Waals surface area contributed by atoms with E-state index in [4.69, 9.17) is 9.97 Å². The lowest BCUT2D eigenvalue weighted by atomic mass is 10.0. The van der Waals surface area contributed by atoms with Crippen LogP contribution in [0.1, 0.15) is 22.3 Å². The number of nitrogens with zero attached hydrogens (tertiary/aromatic N) is 9. The summed E-state index contributed by atoms with van der Waals surface area (Å²) in [5.41, 5.74) is 14.8. The molecule has 9 heteroatoms. The van der Waals surface area contributed by atoms with Gasteiger partial charge in [0.2, 0.25) is 0 Å². The quantitative estimate of drug-likeness (QED) is 0.132. The monoisotopic (exact) mass is 907 g/mol. The van der Waals surface area contributed by atoms with E-state index in [1.54, 1.807) is 24.3 Å². The fourth-order valence-electron chi connectivity index (χ4n) is 9.04. The van der Waals surface area contributed by atoms with Gasteiger partial charge in [0.25, 0.3) is 0 Å². The van der Waals surface area contributed by atoms with Crippen molar-refractivity contribution >= 4 is 55.9 Å². The number of nitriles is 4. The zero-order valence-corrected chi connectivity index (χ0v) is 37.9. The molecule has 11 rings (SSSR count). The van der Waals surface area contributed by atoms with Gasteiger partial charge in [-0.15, -0.1) is 0 Å². The average molecular weight is 908 g/mol. The van der Waals surface area contributed by atoms with Gasteiger partial charge in [0, 0.05) is 67.3 Å². The molecule has 0 spiro atoms. The van der Waals surface area contributed by atoms with Gasteiger partial charge >= 0.3 is 0 Å². The third-order valence-electron chi connectivity index (χ3n) is 12.5. The SMILES string of the molecule is N#Cc1ccc(-c2cc(-c3ccc(-n4c5ccc(N(c6ccccc6)c6ccc(C#N)cc6)cc5c5cc(N(c6ccccc6)c6ccc(C#N)cc6)ccc54)cc3)nc(-c3ccc(C#N)cc3)n2)cc1. The molecule has 0 aliphatic carbocycles. The zero-order valence-electron chi connectivity index (χ0n) is 37.9. The summed E-state index contributed by atoms with van der Waals surface area (Å²) in [6.07, 6.45) is 0. The Morgan fingerprint density at radius 1 is 0.324 bits per heavy atom. The molecule has 0 N–H and O–H groups in total. The second kappa shape index (κ2) is 18.6. The molecule has 2 aromatic heterocycles. The largest absolute Gasteiger partial charge is 0.310 e. The smallest absolute Gasteiger partial charge is 0.160 e. The van der Waals surface area contributed by atoms with Crippen LogP contribution in [0.4, 0.5) is 34.1 Å². The van der Waals surface area contributed by atoms with E-state index in [0.717, 1.165) is 84.0 Å². The second-order valence-electron chi connectivity index (χ2n) is 16.8. The molecular weight excluding hydrogens is 871 g/mol. The first-order valence-corrected chi connectivity index (χ1v) is 22.8. The molecular formula is C62H37N9. The third kappa shape index (κ3) is 8.32. The van der Waals surface area contributed by atoms with Crippen molar-refractivity contribution in [3.63, 3.8) is 0 Å². The highest BCUT2D eigenvalue weighted by Crippen LogP contribution is 2.43.